The summed E-state index contributed by atoms with van der Waals surface area (Å²) in [6.45, 7) is 4.74. The number of nitrogens with one attached hydrogen (secondary N) is 2. The van der Waals surface area contributed by atoms with Crippen LogP contribution in [0, 0.1) is 6.92 Å². The van der Waals surface area contributed by atoms with E-state index in [1.807, 2.05) is 36.6 Å². The second kappa shape index (κ2) is 8.21. The Kier molecular flexibility index (Phi) is 5.77. The minimum Gasteiger partial charge on any atom is -0.354 e. The third kappa shape index (κ3) is 4.75. The summed E-state index contributed by atoms with van der Waals surface area (Å²) in [7, 11) is 0. The number of amides is 1. The lowest BCUT2D eigenvalue weighted by Crippen LogP contribution is -2.48. The fourth-order valence-electron chi connectivity index (χ4n) is 2.81. The molecule has 1 aliphatic heterocycles. The van der Waals surface area contributed by atoms with E-state index in [9.17, 15) is 4.79 Å². The Labute approximate surface area is 146 Å². The zero-order chi connectivity index (χ0) is 16.8. The van der Waals surface area contributed by atoms with E-state index >= 15 is 0 Å². The predicted octanol–water partition coefficient (Wildman–Crippen LogP) is 1.72. The van der Waals surface area contributed by atoms with Crippen molar-refractivity contribution in [2.24, 2.45) is 0 Å². The Morgan fingerprint density at radius 2 is 2.29 bits per heavy atom. The molecule has 3 rings (SSSR count). The minimum absolute atomic E-state index is 0.0376. The standard InChI is InChI=1S/C17H23N5OS/c1-13-6-7-16(21-20-13)22-8-2-4-14(12-22)18-11-17(23)19-10-15-5-3-9-24-15/h3,5-7,9,14,18H,2,4,8,10-12H2,1H3,(H,19,23)/t14-/m1/s1. The Bertz CT molecular complexity index is 644. The molecule has 2 aromatic rings. The van der Waals surface area contributed by atoms with Gasteiger partial charge in [0, 0.05) is 24.0 Å². The summed E-state index contributed by atoms with van der Waals surface area (Å²) in [4.78, 5) is 15.4. The number of hydrogen-bond acceptors (Lipinski definition) is 6. The van der Waals surface area contributed by atoms with Gasteiger partial charge in [0.15, 0.2) is 5.82 Å². The van der Waals surface area contributed by atoms with Crippen LogP contribution in [0.4, 0.5) is 5.82 Å². The molecular formula is C17H23N5OS. The van der Waals surface area contributed by atoms with Gasteiger partial charge in [0.1, 0.15) is 0 Å². The highest BCUT2D eigenvalue weighted by Gasteiger charge is 2.21. The molecule has 3 heterocycles. The molecule has 1 saturated heterocycles. The van der Waals surface area contributed by atoms with Crippen molar-refractivity contribution in [1.82, 2.24) is 20.8 Å². The average Bonchev–Trinajstić information content (AvgIpc) is 3.13. The molecule has 24 heavy (non-hydrogen) atoms. The van der Waals surface area contributed by atoms with Crippen LogP contribution in [0.1, 0.15) is 23.4 Å². The summed E-state index contributed by atoms with van der Waals surface area (Å²) in [6.07, 6.45) is 2.16. The molecule has 2 aromatic heterocycles. The highest BCUT2D eigenvalue weighted by molar-refractivity contribution is 7.09. The molecule has 0 radical (unpaired) electrons. The first-order valence-corrected chi connectivity index (χ1v) is 9.16. The third-order valence-corrected chi connectivity index (χ3v) is 5.00. The van der Waals surface area contributed by atoms with Crippen LogP contribution in [0.2, 0.25) is 0 Å². The second-order valence-corrected chi connectivity index (χ2v) is 7.09. The van der Waals surface area contributed by atoms with Crippen molar-refractivity contribution in [3.63, 3.8) is 0 Å². The number of thiophene rings is 1. The van der Waals surface area contributed by atoms with Crippen LogP contribution in [0.15, 0.2) is 29.6 Å². The van der Waals surface area contributed by atoms with E-state index in [-0.39, 0.29) is 5.91 Å². The maximum atomic E-state index is 12.0. The van der Waals surface area contributed by atoms with Crippen molar-refractivity contribution in [3.05, 3.63) is 40.2 Å². The average molecular weight is 345 g/mol. The molecule has 0 aliphatic carbocycles. The monoisotopic (exact) mass is 345 g/mol. The molecule has 0 aromatic carbocycles. The normalized spacial score (nSPS) is 17.7. The van der Waals surface area contributed by atoms with Crippen LogP contribution in [-0.2, 0) is 11.3 Å². The van der Waals surface area contributed by atoms with Crippen molar-refractivity contribution < 1.29 is 4.79 Å². The fraction of sp³-hybridized carbons (Fsp3) is 0.471. The molecule has 0 bridgehead atoms. The maximum absolute atomic E-state index is 12.0. The van der Waals surface area contributed by atoms with Crippen LogP contribution in [0.25, 0.3) is 0 Å². The van der Waals surface area contributed by atoms with Gasteiger partial charge in [0.25, 0.3) is 0 Å². The van der Waals surface area contributed by atoms with Crippen LogP contribution >= 0.6 is 11.3 Å². The van der Waals surface area contributed by atoms with Crippen LogP contribution < -0.4 is 15.5 Å². The lowest BCUT2D eigenvalue weighted by Gasteiger charge is -2.33. The van der Waals surface area contributed by atoms with Gasteiger partial charge in [0.05, 0.1) is 18.8 Å². The van der Waals surface area contributed by atoms with Crippen molar-refractivity contribution in [2.75, 3.05) is 24.5 Å². The molecule has 0 spiro atoms. The molecular weight excluding hydrogens is 322 g/mol. The number of carbonyl (C=O) groups excluding carboxylic acids is 1. The molecule has 2 N–H and O–H groups in total. The van der Waals surface area contributed by atoms with Crippen molar-refractivity contribution >= 4 is 23.1 Å². The number of anilines is 1. The topological polar surface area (TPSA) is 70.2 Å². The number of nitrogens with zero attached hydrogens (tertiary/aromatic N) is 3. The molecule has 1 aliphatic rings. The molecule has 6 nitrogen and oxygen atoms in total. The van der Waals surface area contributed by atoms with Gasteiger partial charge < -0.3 is 15.5 Å². The van der Waals surface area contributed by atoms with Gasteiger partial charge in [-0.05, 0) is 43.3 Å². The lowest BCUT2D eigenvalue weighted by atomic mass is 10.1. The van der Waals surface area contributed by atoms with E-state index in [1.54, 1.807) is 11.3 Å². The number of hydrogen-bond donors (Lipinski definition) is 2. The lowest BCUT2D eigenvalue weighted by molar-refractivity contribution is -0.120. The molecule has 1 amide bonds. The van der Waals surface area contributed by atoms with E-state index in [1.165, 1.54) is 4.88 Å². The van der Waals surface area contributed by atoms with E-state index in [4.69, 9.17) is 0 Å². The van der Waals surface area contributed by atoms with E-state index in [2.05, 4.69) is 25.7 Å². The smallest absolute Gasteiger partial charge is 0.234 e. The Morgan fingerprint density at radius 3 is 3.04 bits per heavy atom. The van der Waals surface area contributed by atoms with Gasteiger partial charge in [-0.1, -0.05) is 6.07 Å². The summed E-state index contributed by atoms with van der Waals surface area (Å²) in [6, 6.07) is 8.32. The molecule has 0 unspecified atom stereocenters. The Hall–Kier alpha value is -1.99. The van der Waals surface area contributed by atoms with Crippen molar-refractivity contribution in [1.29, 1.82) is 0 Å². The summed E-state index contributed by atoms with van der Waals surface area (Å²) in [5, 5.41) is 16.7. The number of carbonyl (C=O) groups is 1. The zero-order valence-electron chi connectivity index (χ0n) is 13.9. The number of aromatic nitrogens is 2. The first kappa shape index (κ1) is 16.9. The van der Waals surface area contributed by atoms with Gasteiger partial charge in [-0.2, -0.15) is 5.10 Å². The summed E-state index contributed by atoms with van der Waals surface area (Å²) < 4.78 is 0. The largest absolute Gasteiger partial charge is 0.354 e. The summed E-state index contributed by atoms with van der Waals surface area (Å²) in [5.74, 6) is 0.949. The highest BCUT2D eigenvalue weighted by Crippen LogP contribution is 2.17. The first-order valence-electron chi connectivity index (χ1n) is 8.28. The van der Waals surface area contributed by atoms with E-state index in [0.29, 0.717) is 19.1 Å². The van der Waals surface area contributed by atoms with Crippen molar-refractivity contribution in [3.8, 4) is 0 Å². The SMILES string of the molecule is Cc1ccc(N2CCC[C@@H](NCC(=O)NCc3cccs3)C2)nn1. The van der Waals surface area contributed by atoms with E-state index in [0.717, 1.165) is 37.4 Å². The van der Waals surface area contributed by atoms with E-state index < -0.39 is 0 Å². The van der Waals surface area contributed by atoms with Crippen LogP contribution in [0.5, 0.6) is 0 Å². The Morgan fingerprint density at radius 1 is 1.38 bits per heavy atom. The molecule has 128 valence electrons. The Balaban J connectivity index is 1.43. The number of aryl methyl sites for hydroxylation is 1. The molecule has 0 saturated carbocycles. The number of rotatable bonds is 6. The van der Waals surface area contributed by atoms with Crippen LogP contribution in [-0.4, -0.2) is 41.8 Å². The summed E-state index contributed by atoms with van der Waals surface area (Å²) in [5.41, 5.74) is 0.924. The van der Waals surface area contributed by atoms with Gasteiger partial charge in [0.2, 0.25) is 5.91 Å². The minimum atomic E-state index is 0.0376. The fourth-order valence-corrected chi connectivity index (χ4v) is 3.46. The molecule has 1 atom stereocenters. The predicted molar refractivity (Wildman–Crippen MR) is 96.2 cm³/mol. The second-order valence-electron chi connectivity index (χ2n) is 6.06. The van der Waals surface area contributed by atoms with Gasteiger partial charge in [-0.3, -0.25) is 4.79 Å². The van der Waals surface area contributed by atoms with Crippen LogP contribution in [0.3, 0.4) is 0 Å². The quantitative estimate of drug-likeness (QED) is 0.834. The zero-order valence-corrected chi connectivity index (χ0v) is 14.7. The number of piperidine rings is 1. The molecule has 1 fully saturated rings. The maximum Gasteiger partial charge on any atom is 0.234 e. The van der Waals surface area contributed by atoms with Gasteiger partial charge >= 0.3 is 0 Å². The first-order chi connectivity index (χ1) is 11.7. The molecule has 7 heteroatoms. The summed E-state index contributed by atoms with van der Waals surface area (Å²) >= 11 is 1.66. The van der Waals surface area contributed by atoms with Gasteiger partial charge in [-0.15, -0.1) is 16.4 Å². The van der Waals surface area contributed by atoms with Gasteiger partial charge in [-0.25, -0.2) is 0 Å². The highest BCUT2D eigenvalue weighted by atomic mass is 32.1. The van der Waals surface area contributed by atoms with Crippen molar-refractivity contribution in [2.45, 2.75) is 32.4 Å². The third-order valence-electron chi connectivity index (χ3n) is 4.12.